The minimum Gasteiger partial charge on any atom is -0.310 e. The van der Waals surface area contributed by atoms with Crippen LogP contribution in [0.1, 0.15) is 51.3 Å². The standard InChI is InChI=1S/C52H41NS.C2H6/c1-5-7-13-35(6-2)37-18-24-41(25-19-37)53(42-26-20-38(21-27-42)36-14-9-8-10-15-36)43-28-30-45-44-29-22-40(33-48(44)52(3,4)49(45)34-43)39-23-31-51-47(32-39)46-16-11-12-17-50(46)54-51;1-2/h5-34H,1H2,2-4H3;1-2H3/b13-7-,35-6+;. The first-order valence-electron chi connectivity index (χ1n) is 19.7. The molecule has 2 heteroatoms. The van der Waals surface area contributed by atoms with Crippen molar-refractivity contribution in [2.75, 3.05) is 4.90 Å². The number of nitrogens with zero attached hydrogens (tertiary/aromatic N) is 1. The van der Waals surface area contributed by atoms with Crippen molar-refractivity contribution in [3.63, 3.8) is 0 Å². The van der Waals surface area contributed by atoms with Gasteiger partial charge >= 0.3 is 0 Å². The minimum absolute atomic E-state index is 0.180. The number of allylic oxidation sites excluding steroid dienone is 5. The fourth-order valence-electron chi connectivity index (χ4n) is 8.16. The molecule has 0 aliphatic heterocycles. The topological polar surface area (TPSA) is 3.24 Å². The van der Waals surface area contributed by atoms with E-state index in [0.717, 1.165) is 17.1 Å². The van der Waals surface area contributed by atoms with E-state index < -0.39 is 0 Å². The number of rotatable bonds is 8. The van der Waals surface area contributed by atoms with E-state index in [-0.39, 0.29) is 5.41 Å². The summed E-state index contributed by atoms with van der Waals surface area (Å²) in [6, 6.07) is 58.3. The van der Waals surface area contributed by atoms with Gasteiger partial charge in [-0.1, -0.05) is 156 Å². The smallest absolute Gasteiger partial charge is 0.0465 e. The molecular formula is C54H47NS. The Hall–Kier alpha value is -6.22. The molecule has 56 heavy (non-hydrogen) atoms. The van der Waals surface area contributed by atoms with Crippen LogP contribution in [0, 0.1) is 0 Å². The van der Waals surface area contributed by atoms with Crippen LogP contribution in [0.4, 0.5) is 17.1 Å². The van der Waals surface area contributed by atoms with Gasteiger partial charge in [0.25, 0.3) is 0 Å². The third-order valence-corrected chi connectivity index (χ3v) is 12.2. The van der Waals surface area contributed by atoms with Gasteiger partial charge < -0.3 is 4.90 Å². The molecule has 8 aromatic rings. The molecule has 0 unspecified atom stereocenters. The maximum absolute atomic E-state index is 3.85. The van der Waals surface area contributed by atoms with Crippen molar-refractivity contribution in [1.29, 1.82) is 0 Å². The Kier molecular flexibility index (Phi) is 10.2. The fraction of sp³-hybridized carbons (Fsp3) is 0.111. The van der Waals surface area contributed by atoms with Crippen LogP contribution in [0.2, 0.25) is 0 Å². The van der Waals surface area contributed by atoms with Gasteiger partial charge in [-0.05, 0) is 123 Å². The van der Waals surface area contributed by atoms with Crippen LogP contribution in [0.3, 0.4) is 0 Å². The zero-order chi connectivity index (χ0) is 38.8. The number of fused-ring (bicyclic) bond motifs is 6. The highest BCUT2D eigenvalue weighted by Gasteiger charge is 2.36. The molecule has 0 atom stereocenters. The average molecular weight is 742 g/mol. The van der Waals surface area contributed by atoms with Crippen molar-refractivity contribution in [3.8, 4) is 33.4 Å². The predicted molar refractivity (Wildman–Crippen MR) is 247 cm³/mol. The second-order valence-electron chi connectivity index (χ2n) is 14.6. The zero-order valence-corrected chi connectivity index (χ0v) is 33.7. The van der Waals surface area contributed by atoms with Crippen LogP contribution in [0.25, 0.3) is 59.1 Å². The van der Waals surface area contributed by atoms with Gasteiger partial charge in [0.05, 0.1) is 0 Å². The number of hydrogen-bond acceptors (Lipinski definition) is 2. The number of anilines is 3. The van der Waals surface area contributed by atoms with Gasteiger partial charge in [-0.25, -0.2) is 0 Å². The van der Waals surface area contributed by atoms with Gasteiger partial charge in [0.2, 0.25) is 0 Å². The summed E-state index contributed by atoms with van der Waals surface area (Å²) in [5, 5.41) is 2.67. The van der Waals surface area contributed by atoms with E-state index in [1.807, 2.05) is 37.3 Å². The Morgan fingerprint density at radius 1 is 0.554 bits per heavy atom. The maximum Gasteiger partial charge on any atom is 0.0465 e. The van der Waals surface area contributed by atoms with Gasteiger partial charge in [0.15, 0.2) is 0 Å². The van der Waals surface area contributed by atoms with Crippen molar-refractivity contribution in [2.45, 2.75) is 40.0 Å². The van der Waals surface area contributed by atoms with Gasteiger partial charge in [-0.2, -0.15) is 0 Å². The van der Waals surface area contributed by atoms with E-state index in [1.165, 1.54) is 75.8 Å². The monoisotopic (exact) mass is 741 g/mol. The number of hydrogen-bond donors (Lipinski definition) is 0. The Balaban J connectivity index is 0.00000217. The molecule has 1 aliphatic rings. The number of thiophene rings is 1. The number of benzene rings is 7. The highest BCUT2D eigenvalue weighted by atomic mass is 32.1. The Bertz CT molecular complexity index is 2740. The van der Waals surface area contributed by atoms with Crippen molar-refractivity contribution >= 4 is 54.1 Å². The summed E-state index contributed by atoms with van der Waals surface area (Å²) in [7, 11) is 0. The summed E-state index contributed by atoms with van der Waals surface area (Å²) >= 11 is 1.87. The van der Waals surface area contributed by atoms with Gasteiger partial charge in [0.1, 0.15) is 0 Å². The summed E-state index contributed by atoms with van der Waals surface area (Å²) in [4.78, 5) is 2.39. The molecule has 0 saturated heterocycles. The Morgan fingerprint density at radius 3 is 1.82 bits per heavy atom. The molecule has 0 saturated carbocycles. The second kappa shape index (κ2) is 15.5. The second-order valence-corrected chi connectivity index (χ2v) is 15.6. The predicted octanol–water partition coefficient (Wildman–Crippen LogP) is 16.3. The van der Waals surface area contributed by atoms with Gasteiger partial charge in [0, 0.05) is 42.6 Å². The molecule has 0 spiro atoms. The lowest BCUT2D eigenvalue weighted by Crippen LogP contribution is -2.16. The van der Waals surface area contributed by atoms with Crippen molar-refractivity contribution in [3.05, 3.63) is 205 Å². The van der Waals surface area contributed by atoms with Gasteiger partial charge in [-0.3, -0.25) is 0 Å². The quantitative estimate of drug-likeness (QED) is 0.140. The van der Waals surface area contributed by atoms with Crippen molar-refractivity contribution < 1.29 is 0 Å². The lowest BCUT2D eigenvalue weighted by Gasteiger charge is -2.28. The molecule has 1 nitrogen and oxygen atoms in total. The molecule has 7 aromatic carbocycles. The summed E-state index contributed by atoms with van der Waals surface area (Å²) in [6.45, 7) is 14.7. The normalized spacial score (nSPS) is 13.0. The largest absolute Gasteiger partial charge is 0.310 e. The first kappa shape index (κ1) is 36.7. The van der Waals surface area contributed by atoms with E-state index in [1.54, 1.807) is 0 Å². The van der Waals surface area contributed by atoms with Crippen molar-refractivity contribution in [1.82, 2.24) is 0 Å². The van der Waals surface area contributed by atoms with Crippen LogP contribution in [-0.4, -0.2) is 0 Å². The summed E-state index contributed by atoms with van der Waals surface area (Å²) < 4.78 is 2.67. The van der Waals surface area contributed by atoms with Gasteiger partial charge in [-0.15, -0.1) is 11.3 Å². The molecule has 9 rings (SSSR count). The molecule has 0 amide bonds. The van der Waals surface area contributed by atoms with E-state index in [0.29, 0.717) is 0 Å². The molecule has 274 valence electrons. The van der Waals surface area contributed by atoms with Crippen LogP contribution >= 0.6 is 11.3 Å². The van der Waals surface area contributed by atoms with Crippen LogP contribution < -0.4 is 4.90 Å². The summed E-state index contributed by atoms with van der Waals surface area (Å²) in [6.07, 6.45) is 8.05. The molecule has 1 heterocycles. The maximum atomic E-state index is 3.85. The zero-order valence-electron chi connectivity index (χ0n) is 32.9. The summed E-state index contributed by atoms with van der Waals surface area (Å²) in [5.41, 5.74) is 15.8. The van der Waals surface area contributed by atoms with Crippen LogP contribution in [0.15, 0.2) is 189 Å². The Labute approximate surface area is 336 Å². The summed E-state index contributed by atoms with van der Waals surface area (Å²) in [5.74, 6) is 0. The highest BCUT2D eigenvalue weighted by molar-refractivity contribution is 7.25. The highest BCUT2D eigenvalue weighted by Crippen LogP contribution is 2.52. The van der Waals surface area contributed by atoms with E-state index >= 15 is 0 Å². The molecular weight excluding hydrogens is 695 g/mol. The molecule has 0 bridgehead atoms. The molecule has 0 fully saturated rings. The first-order valence-corrected chi connectivity index (χ1v) is 20.5. The molecule has 1 aliphatic carbocycles. The molecule has 0 radical (unpaired) electrons. The molecule has 0 N–H and O–H groups in total. The third-order valence-electron chi connectivity index (χ3n) is 11.0. The fourth-order valence-corrected chi connectivity index (χ4v) is 9.25. The first-order chi connectivity index (χ1) is 27.4. The van der Waals surface area contributed by atoms with Crippen LogP contribution in [0.5, 0.6) is 0 Å². The van der Waals surface area contributed by atoms with Crippen molar-refractivity contribution in [2.24, 2.45) is 0 Å². The lowest BCUT2D eigenvalue weighted by molar-refractivity contribution is 0.660. The van der Waals surface area contributed by atoms with E-state index in [4.69, 9.17) is 0 Å². The lowest BCUT2D eigenvalue weighted by atomic mass is 9.81. The van der Waals surface area contributed by atoms with E-state index in [9.17, 15) is 0 Å². The average Bonchev–Trinajstić information content (AvgIpc) is 3.74. The van der Waals surface area contributed by atoms with E-state index in [2.05, 4.69) is 202 Å². The molecule has 1 aromatic heterocycles. The SMILES string of the molecule is C=C/C=C\C(=C/C)c1ccc(N(c2ccc(-c3ccccc3)cc2)c2ccc3c(c2)C(C)(C)c2cc(-c4ccc5sc6ccccc6c5c4)ccc2-3)cc1.CC. The van der Waals surface area contributed by atoms with Crippen LogP contribution in [-0.2, 0) is 5.41 Å². The minimum atomic E-state index is -0.180. The third kappa shape index (κ3) is 6.61. The Morgan fingerprint density at radius 2 is 1.11 bits per heavy atom.